The van der Waals surface area contributed by atoms with Crippen molar-refractivity contribution in [3.8, 4) is 0 Å². The smallest absolute Gasteiger partial charge is 0.365 e. The van der Waals surface area contributed by atoms with Gasteiger partial charge in [0.05, 0.1) is 11.8 Å². The minimum atomic E-state index is -4.23. The first kappa shape index (κ1) is 24.5. The molecule has 2 N–H and O–H groups in total. The average molecular weight is 504 g/mol. The van der Waals surface area contributed by atoms with Crippen LogP contribution < -0.4 is 10.6 Å². The molecule has 9 heteroatoms. The number of piperidine rings is 1. The predicted octanol–water partition coefficient (Wildman–Crippen LogP) is 5.63. The van der Waals surface area contributed by atoms with E-state index < -0.39 is 12.6 Å². The zero-order valence-corrected chi connectivity index (χ0v) is 20.5. The van der Waals surface area contributed by atoms with Crippen LogP contribution in [-0.2, 0) is 13.0 Å². The van der Waals surface area contributed by atoms with E-state index in [1.54, 1.807) is 6.07 Å². The molecule has 3 aromatic rings. The number of likely N-dealkylation sites (tertiary alicyclic amines) is 1. The Morgan fingerprint density at radius 2 is 1.83 bits per heavy atom. The van der Waals surface area contributed by atoms with Crippen molar-refractivity contribution in [3.05, 3.63) is 53.2 Å². The highest BCUT2D eigenvalue weighted by atomic mass is 32.1. The van der Waals surface area contributed by atoms with Gasteiger partial charge in [-0.15, -0.1) is 11.3 Å². The standard InChI is InChI=1S/C26H32F3N5S/c27-26(28,29)13-20-12-21-24(31-17-32-25(21)35-20)33-22-10-11-34(15-19-8-2-1-3-9-19)16-23(22)30-14-18-6-4-5-7-18/h1-3,8-9,12,17-18,22-23,30H,4-7,10-11,13-16H2,(H,31,32,33)/t22-,23-/m0/s1. The van der Waals surface area contributed by atoms with Crippen LogP contribution in [0, 0.1) is 5.92 Å². The molecule has 0 unspecified atom stereocenters. The summed E-state index contributed by atoms with van der Waals surface area (Å²) in [6, 6.07) is 12.5. The predicted molar refractivity (Wildman–Crippen MR) is 135 cm³/mol. The van der Waals surface area contributed by atoms with E-state index in [0.717, 1.165) is 49.9 Å². The topological polar surface area (TPSA) is 53.1 Å². The van der Waals surface area contributed by atoms with E-state index in [-0.39, 0.29) is 17.0 Å². The van der Waals surface area contributed by atoms with Gasteiger partial charge in [0.25, 0.3) is 0 Å². The van der Waals surface area contributed by atoms with Crippen molar-refractivity contribution < 1.29 is 13.2 Å². The van der Waals surface area contributed by atoms with Gasteiger partial charge in [-0.3, -0.25) is 4.90 Å². The van der Waals surface area contributed by atoms with Crippen molar-refractivity contribution in [1.29, 1.82) is 0 Å². The normalized spacial score (nSPS) is 22.1. The average Bonchev–Trinajstić information content (AvgIpc) is 3.48. The summed E-state index contributed by atoms with van der Waals surface area (Å²) in [6.07, 6.45) is 2.42. The van der Waals surface area contributed by atoms with Crippen LogP contribution in [0.15, 0.2) is 42.7 Å². The van der Waals surface area contributed by atoms with Crippen LogP contribution in [-0.4, -0.2) is 52.8 Å². The van der Waals surface area contributed by atoms with Gasteiger partial charge in [0.1, 0.15) is 17.0 Å². The number of aromatic nitrogens is 2. The van der Waals surface area contributed by atoms with E-state index in [0.29, 0.717) is 16.0 Å². The Kier molecular flexibility index (Phi) is 7.55. The summed E-state index contributed by atoms with van der Waals surface area (Å²) in [5, 5.41) is 8.11. The van der Waals surface area contributed by atoms with Crippen molar-refractivity contribution in [2.24, 2.45) is 5.92 Å². The first-order valence-electron chi connectivity index (χ1n) is 12.5. The first-order valence-corrected chi connectivity index (χ1v) is 13.3. The molecule has 1 saturated heterocycles. The zero-order valence-electron chi connectivity index (χ0n) is 19.7. The highest BCUT2D eigenvalue weighted by Gasteiger charge is 2.32. The number of fused-ring (bicyclic) bond motifs is 1. The van der Waals surface area contributed by atoms with E-state index in [4.69, 9.17) is 0 Å². The summed E-state index contributed by atoms with van der Waals surface area (Å²) in [6.45, 7) is 3.79. The lowest BCUT2D eigenvalue weighted by Gasteiger charge is -2.40. The lowest BCUT2D eigenvalue weighted by molar-refractivity contribution is -0.126. The van der Waals surface area contributed by atoms with Gasteiger partial charge in [0.15, 0.2) is 0 Å². The van der Waals surface area contributed by atoms with Gasteiger partial charge in [0.2, 0.25) is 0 Å². The summed E-state index contributed by atoms with van der Waals surface area (Å²) in [5.41, 5.74) is 1.31. The maximum absolute atomic E-state index is 12.9. The van der Waals surface area contributed by atoms with E-state index in [1.807, 2.05) is 6.07 Å². The fourth-order valence-electron chi connectivity index (χ4n) is 5.40. The number of anilines is 1. The van der Waals surface area contributed by atoms with E-state index >= 15 is 0 Å². The molecule has 35 heavy (non-hydrogen) atoms. The molecule has 0 radical (unpaired) electrons. The molecule has 5 nitrogen and oxygen atoms in total. The second kappa shape index (κ2) is 10.8. The van der Waals surface area contributed by atoms with Gasteiger partial charge in [0, 0.05) is 36.6 Å². The van der Waals surface area contributed by atoms with Crippen molar-refractivity contribution in [2.75, 3.05) is 25.0 Å². The highest BCUT2D eigenvalue weighted by Crippen LogP contribution is 2.33. The Hall–Kier alpha value is -2.23. The van der Waals surface area contributed by atoms with E-state index in [2.05, 4.69) is 49.8 Å². The van der Waals surface area contributed by atoms with Crippen molar-refractivity contribution >= 4 is 27.4 Å². The fourth-order valence-corrected chi connectivity index (χ4v) is 6.42. The summed E-state index contributed by atoms with van der Waals surface area (Å²) in [4.78, 5) is 12.0. The van der Waals surface area contributed by atoms with Crippen LogP contribution in [0.2, 0.25) is 0 Å². The monoisotopic (exact) mass is 503 g/mol. The van der Waals surface area contributed by atoms with Gasteiger partial charge < -0.3 is 10.6 Å². The Morgan fingerprint density at radius 1 is 1.03 bits per heavy atom. The van der Waals surface area contributed by atoms with Gasteiger partial charge in [-0.05, 0) is 43.4 Å². The number of hydrogen-bond acceptors (Lipinski definition) is 6. The molecule has 0 bridgehead atoms. The van der Waals surface area contributed by atoms with Gasteiger partial charge in [-0.1, -0.05) is 43.2 Å². The Labute approximate surface area is 208 Å². The number of alkyl halides is 3. The highest BCUT2D eigenvalue weighted by molar-refractivity contribution is 7.18. The Bertz CT molecular complexity index is 1100. The van der Waals surface area contributed by atoms with Crippen LogP contribution in [0.25, 0.3) is 10.2 Å². The molecule has 3 heterocycles. The maximum Gasteiger partial charge on any atom is 0.393 e. The van der Waals surface area contributed by atoms with Crippen molar-refractivity contribution in [1.82, 2.24) is 20.2 Å². The molecule has 2 atom stereocenters. The molecule has 2 aromatic heterocycles. The maximum atomic E-state index is 12.9. The molecule has 188 valence electrons. The Balaban J connectivity index is 1.31. The van der Waals surface area contributed by atoms with E-state index in [9.17, 15) is 13.2 Å². The number of hydrogen-bond donors (Lipinski definition) is 2. The number of nitrogens with zero attached hydrogens (tertiary/aromatic N) is 3. The number of halogens is 3. The lowest BCUT2D eigenvalue weighted by atomic mass is 9.97. The molecular weight excluding hydrogens is 471 g/mol. The van der Waals surface area contributed by atoms with Crippen LogP contribution >= 0.6 is 11.3 Å². The summed E-state index contributed by atoms with van der Waals surface area (Å²) < 4.78 is 38.8. The molecule has 0 amide bonds. The second-order valence-corrected chi connectivity index (χ2v) is 11.0. The third-order valence-electron chi connectivity index (χ3n) is 7.17. The van der Waals surface area contributed by atoms with Crippen LogP contribution in [0.1, 0.15) is 42.5 Å². The summed E-state index contributed by atoms with van der Waals surface area (Å²) in [7, 11) is 0. The largest absolute Gasteiger partial charge is 0.393 e. The summed E-state index contributed by atoms with van der Waals surface area (Å²) >= 11 is 1.09. The molecule has 1 aliphatic carbocycles. The molecule has 5 rings (SSSR count). The molecule has 0 spiro atoms. The molecule has 2 fully saturated rings. The Morgan fingerprint density at radius 3 is 2.60 bits per heavy atom. The zero-order chi connectivity index (χ0) is 24.3. The van der Waals surface area contributed by atoms with Gasteiger partial charge >= 0.3 is 6.18 Å². The van der Waals surface area contributed by atoms with Crippen LogP contribution in [0.4, 0.5) is 19.0 Å². The second-order valence-electron chi connectivity index (χ2n) is 9.87. The third kappa shape index (κ3) is 6.51. The van der Waals surface area contributed by atoms with E-state index in [1.165, 1.54) is 37.6 Å². The molecule has 1 aromatic carbocycles. The number of thiophene rings is 1. The number of nitrogens with one attached hydrogen (secondary N) is 2. The SMILES string of the molecule is FC(F)(F)Cc1cc2c(N[C@H]3CCN(Cc4ccccc4)C[C@@H]3NCC3CCCC3)ncnc2s1. The quantitative estimate of drug-likeness (QED) is 0.417. The van der Waals surface area contributed by atoms with Crippen molar-refractivity contribution in [2.45, 2.75) is 63.3 Å². The summed E-state index contributed by atoms with van der Waals surface area (Å²) in [5.74, 6) is 1.36. The minimum absolute atomic E-state index is 0.146. The third-order valence-corrected chi connectivity index (χ3v) is 8.21. The molecule has 1 aliphatic heterocycles. The lowest BCUT2D eigenvalue weighted by Crippen LogP contribution is -2.56. The minimum Gasteiger partial charge on any atom is -0.365 e. The van der Waals surface area contributed by atoms with Gasteiger partial charge in [-0.2, -0.15) is 13.2 Å². The molecule has 1 saturated carbocycles. The first-order chi connectivity index (χ1) is 16.9. The van der Waals surface area contributed by atoms with Crippen LogP contribution in [0.3, 0.4) is 0 Å². The van der Waals surface area contributed by atoms with Gasteiger partial charge in [-0.25, -0.2) is 9.97 Å². The number of rotatable bonds is 8. The number of benzene rings is 1. The molecular formula is C26H32F3N5S. The molecule has 2 aliphatic rings. The fraction of sp³-hybridized carbons (Fsp3) is 0.538. The van der Waals surface area contributed by atoms with Crippen LogP contribution in [0.5, 0.6) is 0 Å². The van der Waals surface area contributed by atoms with Crippen molar-refractivity contribution in [3.63, 3.8) is 0 Å².